The number of benzene rings is 1. The average Bonchev–Trinajstić information content (AvgIpc) is 2.98. The quantitative estimate of drug-likeness (QED) is 0.756. The smallest absolute Gasteiger partial charge is 0.243 e. The predicted octanol–water partition coefficient (Wildman–Crippen LogP) is 2.00. The van der Waals surface area contributed by atoms with Crippen molar-refractivity contribution in [1.29, 1.82) is 0 Å². The highest BCUT2D eigenvalue weighted by Gasteiger charge is 2.08. The number of amides is 3. The van der Waals surface area contributed by atoms with Gasteiger partial charge in [-0.1, -0.05) is 12.1 Å². The summed E-state index contributed by atoms with van der Waals surface area (Å²) in [7, 11) is 0. The predicted molar refractivity (Wildman–Crippen MR) is 90.4 cm³/mol. The molecule has 1 aromatic heterocycles. The van der Waals surface area contributed by atoms with E-state index in [-0.39, 0.29) is 30.7 Å². The highest BCUT2D eigenvalue weighted by atomic mass is 32.1. The fourth-order valence-electron chi connectivity index (χ4n) is 1.90. The maximum absolute atomic E-state index is 11.8. The zero-order valence-electron chi connectivity index (χ0n) is 12.6. The van der Waals surface area contributed by atoms with Crippen LogP contribution < -0.4 is 16.0 Å². The highest BCUT2D eigenvalue weighted by molar-refractivity contribution is 7.10. The van der Waals surface area contributed by atoms with Crippen LogP contribution in [-0.2, 0) is 20.8 Å². The molecule has 0 aliphatic carbocycles. The van der Waals surface area contributed by atoms with Gasteiger partial charge in [-0.3, -0.25) is 14.4 Å². The molecule has 2 aromatic rings. The fraction of sp³-hybridized carbons (Fsp3) is 0.188. The molecule has 0 radical (unpaired) electrons. The summed E-state index contributed by atoms with van der Waals surface area (Å²) in [5.41, 5.74) is 1.14. The van der Waals surface area contributed by atoms with Gasteiger partial charge in [0, 0.05) is 23.2 Å². The lowest BCUT2D eigenvalue weighted by Crippen LogP contribution is -2.33. The lowest BCUT2D eigenvalue weighted by Gasteiger charge is -2.08. The Labute approximate surface area is 137 Å². The molecule has 7 heteroatoms. The van der Waals surface area contributed by atoms with E-state index in [4.69, 9.17) is 0 Å². The van der Waals surface area contributed by atoms with Crippen molar-refractivity contribution in [2.45, 2.75) is 13.3 Å². The Morgan fingerprint density at radius 2 is 1.74 bits per heavy atom. The van der Waals surface area contributed by atoms with Crippen molar-refractivity contribution in [2.24, 2.45) is 0 Å². The van der Waals surface area contributed by atoms with Crippen LogP contribution in [0.4, 0.5) is 11.4 Å². The molecule has 6 nitrogen and oxygen atoms in total. The molecule has 0 spiro atoms. The molecule has 3 N–H and O–H groups in total. The molecule has 0 atom stereocenters. The summed E-state index contributed by atoms with van der Waals surface area (Å²) < 4.78 is 0. The lowest BCUT2D eigenvalue weighted by atomic mass is 10.2. The van der Waals surface area contributed by atoms with Gasteiger partial charge in [-0.15, -0.1) is 11.3 Å². The van der Waals surface area contributed by atoms with Gasteiger partial charge in [0.05, 0.1) is 13.0 Å². The van der Waals surface area contributed by atoms with Crippen LogP contribution in [0.3, 0.4) is 0 Å². The van der Waals surface area contributed by atoms with E-state index in [0.29, 0.717) is 11.4 Å². The van der Waals surface area contributed by atoms with Crippen LogP contribution in [0.1, 0.15) is 11.8 Å². The van der Waals surface area contributed by atoms with E-state index in [1.54, 1.807) is 24.3 Å². The molecular formula is C16H17N3O3S. The zero-order chi connectivity index (χ0) is 16.7. The van der Waals surface area contributed by atoms with Crippen molar-refractivity contribution in [2.75, 3.05) is 17.2 Å². The Morgan fingerprint density at radius 3 is 2.39 bits per heavy atom. The minimum absolute atomic E-state index is 0.103. The molecule has 0 unspecified atom stereocenters. The molecule has 23 heavy (non-hydrogen) atoms. The van der Waals surface area contributed by atoms with Crippen molar-refractivity contribution in [3.05, 3.63) is 46.7 Å². The molecule has 0 aliphatic heterocycles. The number of anilines is 2. The Kier molecular flexibility index (Phi) is 5.87. The third-order valence-electron chi connectivity index (χ3n) is 2.83. The summed E-state index contributed by atoms with van der Waals surface area (Å²) in [6.45, 7) is 1.31. The van der Waals surface area contributed by atoms with Crippen LogP contribution >= 0.6 is 11.3 Å². The average molecular weight is 331 g/mol. The van der Waals surface area contributed by atoms with Gasteiger partial charge in [-0.25, -0.2) is 0 Å². The van der Waals surface area contributed by atoms with Crippen LogP contribution in [-0.4, -0.2) is 24.3 Å². The van der Waals surface area contributed by atoms with E-state index in [0.717, 1.165) is 4.88 Å². The lowest BCUT2D eigenvalue weighted by molar-refractivity contribution is -0.123. The van der Waals surface area contributed by atoms with Gasteiger partial charge in [-0.2, -0.15) is 0 Å². The maximum Gasteiger partial charge on any atom is 0.243 e. The van der Waals surface area contributed by atoms with Gasteiger partial charge in [0.1, 0.15) is 0 Å². The number of carbonyl (C=O) groups is 3. The minimum Gasteiger partial charge on any atom is -0.347 e. The second kappa shape index (κ2) is 8.09. The summed E-state index contributed by atoms with van der Waals surface area (Å²) in [5, 5.41) is 9.78. The number of thiophene rings is 1. The molecule has 3 amide bonds. The second-order valence-corrected chi connectivity index (χ2v) is 5.88. The van der Waals surface area contributed by atoms with E-state index in [2.05, 4.69) is 16.0 Å². The third kappa shape index (κ3) is 5.91. The van der Waals surface area contributed by atoms with Gasteiger partial charge in [0.2, 0.25) is 17.7 Å². The molecule has 0 saturated carbocycles. The molecule has 0 bridgehead atoms. The molecule has 0 saturated heterocycles. The van der Waals surface area contributed by atoms with E-state index in [1.165, 1.54) is 18.3 Å². The summed E-state index contributed by atoms with van der Waals surface area (Å²) in [6, 6.07) is 10.5. The first kappa shape index (κ1) is 16.7. The molecule has 1 heterocycles. The molecule has 0 fully saturated rings. The zero-order valence-corrected chi connectivity index (χ0v) is 13.4. The van der Waals surface area contributed by atoms with Crippen molar-refractivity contribution in [3.8, 4) is 0 Å². The molecule has 2 rings (SSSR count). The van der Waals surface area contributed by atoms with Gasteiger partial charge in [-0.05, 0) is 29.6 Å². The topological polar surface area (TPSA) is 87.3 Å². The summed E-state index contributed by atoms with van der Waals surface area (Å²) in [5.74, 6) is -0.714. The number of carbonyl (C=O) groups excluding carboxylic acids is 3. The SMILES string of the molecule is CC(=O)Nc1cccc(NC(=O)CNC(=O)Cc2cccs2)c1. The van der Waals surface area contributed by atoms with Crippen molar-refractivity contribution in [3.63, 3.8) is 0 Å². The van der Waals surface area contributed by atoms with Crippen LogP contribution in [0, 0.1) is 0 Å². The van der Waals surface area contributed by atoms with Gasteiger partial charge in [0.25, 0.3) is 0 Å². The summed E-state index contributed by atoms with van der Waals surface area (Å²) >= 11 is 1.50. The highest BCUT2D eigenvalue weighted by Crippen LogP contribution is 2.14. The van der Waals surface area contributed by atoms with E-state index in [9.17, 15) is 14.4 Å². The molecule has 0 aliphatic rings. The third-order valence-corrected chi connectivity index (χ3v) is 3.70. The van der Waals surface area contributed by atoms with Crippen LogP contribution in [0.15, 0.2) is 41.8 Å². The normalized spacial score (nSPS) is 9.96. The minimum atomic E-state index is -0.329. The Morgan fingerprint density at radius 1 is 1.00 bits per heavy atom. The van der Waals surface area contributed by atoms with Gasteiger partial charge >= 0.3 is 0 Å². The van der Waals surface area contributed by atoms with Crippen LogP contribution in [0.25, 0.3) is 0 Å². The van der Waals surface area contributed by atoms with E-state index >= 15 is 0 Å². The van der Waals surface area contributed by atoms with Gasteiger partial charge in [0.15, 0.2) is 0 Å². The number of rotatable bonds is 6. The van der Waals surface area contributed by atoms with Crippen LogP contribution in [0.2, 0.25) is 0 Å². The Bertz CT molecular complexity index is 698. The Balaban J connectivity index is 1.80. The number of hydrogen-bond acceptors (Lipinski definition) is 4. The van der Waals surface area contributed by atoms with E-state index in [1.807, 2.05) is 17.5 Å². The maximum atomic E-state index is 11.8. The van der Waals surface area contributed by atoms with Gasteiger partial charge < -0.3 is 16.0 Å². The van der Waals surface area contributed by atoms with Crippen LogP contribution in [0.5, 0.6) is 0 Å². The molecule has 1 aromatic carbocycles. The molecule has 120 valence electrons. The second-order valence-electron chi connectivity index (χ2n) is 4.84. The first-order valence-electron chi connectivity index (χ1n) is 6.99. The molecular weight excluding hydrogens is 314 g/mol. The number of nitrogens with one attached hydrogen (secondary N) is 3. The standard InChI is InChI=1S/C16H17N3O3S/c1-11(20)18-12-4-2-5-13(8-12)19-16(22)10-17-15(21)9-14-6-3-7-23-14/h2-8H,9-10H2,1H3,(H,17,21)(H,18,20)(H,19,22). The van der Waals surface area contributed by atoms with E-state index < -0.39 is 0 Å². The van der Waals surface area contributed by atoms with Crippen molar-refractivity contribution in [1.82, 2.24) is 5.32 Å². The summed E-state index contributed by atoms with van der Waals surface area (Å²) in [6.07, 6.45) is 0.267. The van der Waals surface area contributed by atoms with Crippen molar-refractivity contribution < 1.29 is 14.4 Å². The largest absolute Gasteiger partial charge is 0.347 e. The monoisotopic (exact) mass is 331 g/mol. The first-order chi connectivity index (χ1) is 11.0. The Hall–Kier alpha value is -2.67. The van der Waals surface area contributed by atoms with Crippen molar-refractivity contribution >= 4 is 40.4 Å². The fourth-order valence-corrected chi connectivity index (χ4v) is 2.60. The first-order valence-corrected chi connectivity index (χ1v) is 7.87. The number of hydrogen-bond donors (Lipinski definition) is 3. The summed E-state index contributed by atoms with van der Waals surface area (Å²) in [4.78, 5) is 35.5.